The van der Waals surface area contributed by atoms with Crippen molar-refractivity contribution in [2.75, 3.05) is 39.6 Å². The fraction of sp³-hybridized carbons (Fsp3) is 0.333. The van der Waals surface area contributed by atoms with Gasteiger partial charge in [-0.15, -0.1) is 0 Å². The molecule has 2 fully saturated rings. The van der Waals surface area contributed by atoms with Gasteiger partial charge in [0.2, 0.25) is 0 Å². The lowest BCUT2D eigenvalue weighted by molar-refractivity contribution is -0.120. The maximum atomic E-state index is 6.80. The first-order chi connectivity index (χ1) is 22.4. The summed E-state index contributed by atoms with van der Waals surface area (Å²) < 4.78 is 24.7. The molecule has 234 valence electrons. The lowest BCUT2D eigenvalue weighted by Gasteiger charge is -2.38. The van der Waals surface area contributed by atoms with Crippen molar-refractivity contribution in [3.63, 3.8) is 0 Å². The van der Waals surface area contributed by atoms with Crippen LogP contribution >= 0.6 is 0 Å². The standard InChI is InChI=1S/C42H42O4/c1-5-27-15-17-33-35(19-27)37(29-11-7-9-13-31(29)39(33)45-25-41(3)21-43-22-41)38-30-12-8-10-14-32(30)40(46-26-42(4)23-44-24-42)34-18-16-28(6-2)20-36(34)38/h7-20H,5-6,21-26H2,1-4H3. The molecule has 46 heavy (non-hydrogen) atoms. The van der Waals surface area contributed by atoms with Crippen LogP contribution in [0.5, 0.6) is 11.5 Å². The van der Waals surface area contributed by atoms with Gasteiger partial charge in [-0.05, 0) is 56.6 Å². The van der Waals surface area contributed by atoms with Gasteiger partial charge >= 0.3 is 0 Å². The summed E-state index contributed by atoms with van der Waals surface area (Å²) in [6, 6.07) is 31.4. The summed E-state index contributed by atoms with van der Waals surface area (Å²) in [5.41, 5.74) is 5.22. The third kappa shape index (κ3) is 4.82. The number of rotatable bonds is 9. The number of fused-ring (bicyclic) bond motifs is 4. The van der Waals surface area contributed by atoms with Crippen molar-refractivity contribution in [3.05, 3.63) is 96.1 Å². The molecule has 6 aromatic carbocycles. The predicted molar refractivity (Wildman–Crippen MR) is 189 cm³/mol. The van der Waals surface area contributed by atoms with E-state index in [1.54, 1.807) is 0 Å². The molecule has 2 saturated heterocycles. The highest BCUT2D eigenvalue weighted by atomic mass is 16.5. The fourth-order valence-electron chi connectivity index (χ4n) is 7.22. The topological polar surface area (TPSA) is 36.9 Å². The summed E-state index contributed by atoms with van der Waals surface area (Å²) in [5, 5.41) is 9.44. The van der Waals surface area contributed by atoms with Crippen molar-refractivity contribution in [1.82, 2.24) is 0 Å². The minimum absolute atomic E-state index is 0.0386. The molecule has 4 heteroatoms. The second-order valence-corrected chi connectivity index (χ2v) is 14.2. The van der Waals surface area contributed by atoms with Crippen LogP contribution in [0.1, 0.15) is 38.8 Å². The molecular formula is C42H42O4. The maximum Gasteiger partial charge on any atom is 0.135 e. The number of ether oxygens (including phenoxy) is 4. The van der Waals surface area contributed by atoms with E-state index in [4.69, 9.17) is 18.9 Å². The zero-order valence-electron chi connectivity index (χ0n) is 27.4. The molecule has 0 spiro atoms. The quantitative estimate of drug-likeness (QED) is 0.153. The summed E-state index contributed by atoms with van der Waals surface area (Å²) >= 11 is 0. The van der Waals surface area contributed by atoms with Gasteiger partial charge in [0.05, 0.1) is 39.6 Å². The minimum Gasteiger partial charge on any atom is -0.492 e. The first kappa shape index (κ1) is 29.3. The van der Waals surface area contributed by atoms with Gasteiger partial charge in [-0.1, -0.05) is 113 Å². The van der Waals surface area contributed by atoms with E-state index in [1.807, 2.05) is 0 Å². The molecule has 0 saturated carbocycles. The van der Waals surface area contributed by atoms with E-state index in [2.05, 4.69) is 113 Å². The van der Waals surface area contributed by atoms with Crippen LogP contribution in [-0.2, 0) is 22.3 Å². The van der Waals surface area contributed by atoms with Crippen LogP contribution < -0.4 is 9.47 Å². The van der Waals surface area contributed by atoms with Crippen LogP contribution in [0.4, 0.5) is 0 Å². The van der Waals surface area contributed by atoms with Crippen molar-refractivity contribution in [3.8, 4) is 22.6 Å². The van der Waals surface area contributed by atoms with Gasteiger partial charge in [0, 0.05) is 32.4 Å². The van der Waals surface area contributed by atoms with Crippen LogP contribution in [0.3, 0.4) is 0 Å². The first-order valence-corrected chi connectivity index (χ1v) is 16.8. The zero-order valence-corrected chi connectivity index (χ0v) is 27.4. The summed E-state index contributed by atoms with van der Waals surface area (Å²) in [5.74, 6) is 1.92. The molecule has 0 radical (unpaired) electrons. The number of benzene rings is 6. The molecular weight excluding hydrogens is 568 g/mol. The fourth-order valence-corrected chi connectivity index (χ4v) is 7.22. The largest absolute Gasteiger partial charge is 0.492 e. The van der Waals surface area contributed by atoms with Gasteiger partial charge in [0.25, 0.3) is 0 Å². The van der Waals surface area contributed by atoms with E-state index in [-0.39, 0.29) is 10.8 Å². The van der Waals surface area contributed by atoms with Gasteiger partial charge in [-0.3, -0.25) is 0 Å². The Morgan fingerprint density at radius 1 is 0.500 bits per heavy atom. The average Bonchev–Trinajstić information content (AvgIpc) is 3.06. The lowest BCUT2D eigenvalue weighted by Crippen LogP contribution is -2.44. The highest BCUT2D eigenvalue weighted by molar-refractivity contribution is 6.26. The first-order valence-electron chi connectivity index (χ1n) is 16.8. The highest BCUT2D eigenvalue weighted by Gasteiger charge is 2.36. The monoisotopic (exact) mass is 610 g/mol. The van der Waals surface area contributed by atoms with Gasteiger partial charge in [-0.25, -0.2) is 0 Å². The molecule has 4 nitrogen and oxygen atoms in total. The normalized spacial score (nSPS) is 16.9. The van der Waals surface area contributed by atoms with Crippen molar-refractivity contribution >= 4 is 43.1 Å². The summed E-state index contributed by atoms with van der Waals surface area (Å²) in [4.78, 5) is 0. The Bertz CT molecular complexity index is 1970. The second-order valence-electron chi connectivity index (χ2n) is 14.2. The Morgan fingerprint density at radius 3 is 1.22 bits per heavy atom. The molecule has 0 atom stereocenters. The molecule has 8 rings (SSSR count). The van der Waals surface area contributed by atoms with Gasteiger partial charge in [0.1, 0.15) is 11.5 Å². The van der Waals surface area contributed by atoms with Crippen LogP contribution in [-0.4, -0.2) is 39.6 Å². The Morgan fingerprint density at radius 2 is 0.870 bits per heavy atom. The second kappa shape index (κ2) is 11.3. The average molecular weight is 611 g/mol. The SMILES string of the molecule is CCc1ccc2c(OCC3(C)COC3)c3ccccc3c(-c3c4ccccc4c(OCC4(C)COC4)c4ccc(CC)cc34)c2c1. The number of hydrogen-bond acceptors (Lipinski definition) is 4. The van der Waals surface area contributed by atoms with E-state index in [1.165, 1.54) is 43.8 Å². The molecule has 0 unspecified atom stereocenters. The minimum atomic E-state index is 0.0386. The van der Waals surface area contributed by atoms with Crippen LogP contribution in [0.25, 0.3) is 54.2 Å². The van der Waals surface area contributed by atoms with E-state index in [0.717, 1.165) is 72.3 Å². The maximum absolute atomic E-state index is 6.80. The molecule has 0 aliphatic carbocycles. The van der Waals surface area contributed by atoms with Crippen molar-refractivity contribution in [2.24, 2.45) is 10.8 Å². The molecule has 2 heterocycles. The molecule has 0 bridgehead atoms. The highest BCUT2D eigenvalue weighted by Crippen LogP contribution is 2.50. The van der Waals surface area contributed by atoms with Crippen molar-refractivity contribution < 1.29 is 18.9 Å². The van der Waals surface area contributed by atoms with Crippen molar-refractivity contribution in [1.29, 1.82) is 0 Å². The van der Waals surface area contributed by atoms with Crippen LogP contribution in [0.15, 0.2) is 84.9 Å². The number of aryl methyl sites for hydroxylation is 2. The Labute approximate surface area is 271 Å². The number of hydrogen-bond donors (Lipinski definition) is 0. The van der Waals surface area contributed by atoms with Crippen molar-refractivity contribution in [2.45, 2.75) is 40.5 Å². The smallest absolute Gasteiger partial charge is 0.135 e. The molecule has 2 aliphatic rings. The Kier molecular flexibility index (Phi) is 7.19. The van der Waals surface area contributed by atoms with E-state index in [0.29, 0.717) is 13.2 Å². The summed E-state index contributed by atoms with van der Waals surface area (Å²) in [6.07, 6.45) is 1.93. The summed E-state index contributed by atoms with van der Waals surface area (Å²) in [6.45, 7) is 13.2. The Balaban J connectivity index is 1.46. The summed E-state index contributed by atoms with van der Waals surface area (Å²) in [7, 11) is 0. The van der Waals surface area contributed by atoms with Gasteiger partial charge in [-0.2, -0.15) is 0 Å². The molecule has 0 aromatic heterocycles. The van der Waals surface area contributed by atoms with Crippen LogP contribution in [0.2, 0.25) is 0 Å². The van der Waals surface area contributed by atoms with Gasteiger partial charge < -0.3 is 18.9 Å². The third-order valence-corrected chi connectivity index (χ3v) is 10.1. The van der Waals surface area contributed by atoms with Gasteiger partial charge in [0.15, 0.2) is 0 Å². The molecule has 0 N–H and O–H groups in total. The Hall–Kier alpha value is -4.12. The zero-order chi connectivity index (χ0) is 31.5. The lowest BCUT2D eigenvalue weighted by atomic mass is 9.84. The van der Waals surface area contributed by atoms with Crippen LogP contribution in [0, 0.1) is 10.8 Å². The third-order valence-electron chi connectivity index (χ3n) is 10.1. The van der Waals surface area contributed by atoms with E-state index >= 15 is 0 Å². The van der Waals surface area contributed by atoms with E-state index < -0.39 is 0 Å². The predicted octanol–water partition coefficient (Wildman–Crippen LogP) is 9.92. The van der Waals surface area contributed by atoms with E-state index in [9.17, 15) is 0 Å². The molecule has 6 aromatic rings. The molecule has 2 aliphatic heterocycles. The molecule has 0 amide bonds.